The SMILES string of the molecule is CCn1nccc1CNc1cc(N(C)C)ccn1. The van der Waals surface area contributed by atoms with Gasteiger partial charge in [0.05, 0.1) is 12.2 Å². The number of pyridine rings is 1. The number of hydrogen-bond donors (Lipinski definition) is 1. The first-order valence-electron chi connectivity index (χ1n) is 6.08. The van der Waals surface area contributed by atoms with E-state index in [2.05, 4.69) is 27.2 Å². The molecule has 0 amide bonds. The van der Waals surface area contributed by atoms with Gasteiger partial charge < -0.3 is 10.2 Å². The Labute approximate surface area is 107 Å². The van der Waals surface area contributed by atoms with Crippen molar-refractivity contribution in [2.24, 2.45) is 0 Å². The average Bonchev–Trinajstić information content (AvgIpc) is 2.84. The first-order valence-corrected chi connectivity index (χ1v) is 6.08. The van der Waals surface area contributed by atoms with Gasteiger partial charge >= 0.3 is 0 Å². The molecule has 0 saturated carbocycles. The summed E-state index contributed by atoms with van der Waals surface area (Å²) in [7, 11) is 4.04. The quantitative estimate of drug-likeness (QED) is 0.875. The molecule has 0 spiro atoms. The Morgan fingerprint density at radius 3 is 2.83 bits per heavy atom. The fourth-order valence-corrected chi connectivity index (χ4v) is 1.77. The molecular weight excluding hydrogens is 226 g/mol. The van der Waals surface area contributed by atoms with Gasteiger partial charge in [-0.2, -0.15) is 5.10 Å². The van der Waals surface area contributed by atoms with Crippen LogP contribution in [0.15, 0.2) is 30.6 Å². The topological polar surface area (TPSA) is 46.0 Å². The molecule has 0 bridgehead atoms. The van der Waals surface area contributed by atoms with Crippen LogP contribution in [0.5, 0.6) is 0 Å². The van der Waals surface area contributed by atoms with Crippen molar-refractivity contribution in [2.45, 2.75) is 20.0 Å². The molecule has 0 radical (unpaired) electrons. The number of nitrogens with one attached hydrogen (secondary N) is 1. The maximum Gasteiger partial charge on any atom is 0.128 e. The number of nitrogens with zero attached hydrogens (tertiary/aromatic N) is 4. The van der Waals surface area contributed by atoms with Gasteiger partial charge in [0.15, 0.2) is 0 Å². The Morgan fingerprint density at radius 1 is 1.28 bits per heavy atom. The van der Waals surface area contributed by atoms with E-state index in [-0.39, 0.29) is 0 Å². The lowest BCUT2D eigenvalue weighted by molar-refractivity contribution is 0.627. The van der Waals surface area contributed by atoms with Gasteiger partial charge in [-0.15, -0.1) is 0 Å². The minimum absolute atomic E-state index is 0.734. The molecule has 0 aliphatic carbocycles. The molecule has 0 aliphatic rings. The summed E-state index contributed by atoms with van der Waals surface area (Å²) in [4.78, 5) is 6.37. The summed E-state index contributed by atoms with van der Waals surface area (Å²) in [5.74, 6) is 0.880. The minimum atomic E-state index is 0.734. The summed E-state index contributed by atoms with van der Waals surface area (Å²) in [5.41, 5.74) is 2.30. The monoisotopic (exact) mass is 245 g/mol. The van der Waals surface area contributed by atoms with Crippen LogP contribution in [-0.2, 0) is 13.1 Å². The standard InChI is InChI=1S/C13H19N5/c1-4-18-12(6-8-16-18)10-15-13-9-11(17(2)3)5-7-14-13/h5-9H,4,10H2,1-3H3,(H,14,15). The molecule has 0 fully saturated rings. The lowest BCUT2D eigenvalue weighted by Gasteiger charge is -2.14. The zero-order valence-corrected chi connectivity index (χ0v) is 11.1. The highest BCUT2D eigenvalue weighted by Gasteiger charge is 2.02. The maximum absolute atomic E-state index is 4.31. The van der Waals surface area contributed by atoms with E-state index in [0.717, 1.165) is 30.3 Å². The molecule has 2 aromatic heterocycles. The molecule has 0 saturated heterocycles. The molecule has 2 aromatic rings. The molecule has 2 rings (SSSR count). The summed E-state index contributed by atoms with van der Waals surface area (Å²) in [6.45, 7) is 3.70. The lowest BCUT2D eigenvalue weighted by Crippen LogP contribution is -2.11. The molecule has 18 heavy (non-hydrogen) atoms. The third kappa shape index (κ3) is 2.80. The van der Waals surface area contributed by atoms with Crippen molar-refractivity contribution >= 4 is 11.5 Å². The maximum atomic E-state index is 4.31. The van der Waals surface area contributed by atoms with Crippen molar-refractivity contribution in [1.29, 1.82) is 0 Å². The second-order valence-corrected chi connectivity index (χ2v) is 4.29. The molecule has 5 heteroatoms. The Balaban J connectivity index is 2.04. The molecular formula is C13H19N5. The second kappa shape index (κ2) is 5.53. The minimum Gasteiger partial charge on any atom is -0.378 e. The van der Waals surface area contributed by atoms with Crippen LogP contribution in [0, 0.1) is 0 Å². The molecule has 0 aliphatic heterocycles. The van der Waals surface area contributed by atoms with Crippen LogP contribution < -0.4 is 10.2 Å². The van der Waals surface area contributed by atoms with E-state index in [1.165, 1.54) is 0 Å². The van der Waals surface area contributed by atoms with Crippen molar-refractivity contribution in [1.82, 2.24) is 14.8 Å². The smallest absolute Gasteiger partial charge is 0.128 e. The van der Waals surface area contributed by atoms with E-state index >= 15 is 0 Å². The number of aryl methyl sites for hydroxylation is 1. The average molecular weight is 245 g/mol. The van der Waals surface area contributed by atoms with Crippen molar-refractivity contribution in [2.75, 3.05) is 24.3 Å². The highest BCUT2D eigenvalue weighted by molar-refractivity contribution is 5.52. The molecule has 0 aromatic carbocycles. The summed E-state index contributed by atoms with van der Waals surface area (Å²) < 4.78 is 1.97. The van der Waals surface area contributed by atoms with E-state index in [4.69, 9.17) is 0 Å². The molecule has 5 nitrogen and oxygen atoms in total. The van der Waals surface area contributed by atoms with Crippen LogP contribution in [0.1, 0.15) is 12.6 Å². The van der Waals surface area contributed by atoms with Crippen LogP contribution >= 0.6 is 0 Å². The number of hydrogen-bond acceptors (Lipinski definition) is 4. The normalized spacial score (nSPS) is 10.4. The van der Waals surface area contributed by atoms with Crippen molar-refractivity contribution in [3.05, 3.63) is 36.3 Å². The summed E-state index contributed by atoms with van der Waals surface area (Å²) >= 11 is 0. The Bertz CT molecular complexity index is 504. The zero-order chi connectivity index (χ0) is 13.0. The van der Waals surface area contributed by atoms with Gasteiger partial charge in [-0.3, -0.25) is 4.68 Å². The first-order chi connectivity index (χ1) is 8.70. The Hall–Kier alpha value is -2.04. The highest BCUT2D eigenvalue weighted by Crippen LogP contribution is 2.15. The van der Waals surface area contributed by atoms with Gasteiger partial charge in [-0.05, 0) is 19.1 Å². The van der Waals surface area contributed by atoms with Crippen LogP contribution in [0.25, 0.3) is 0 Å². The van der Waals surface area contributed by atoms with E-state index in [1.807, 2.05) is 49.4 Å². The Kier molecular flexibility index (Phi) is 3.82. The van der Waals surface area contributed by atoms with Crippen LogP contribution in [0.4, 0.5) is 11.5 Å². The van der Waals surface area contributed by atoms with Gasteiger partial charge in [-0.1, -0.05) is 0 Å². The van der Waals surface area contributed by atoms with Gasteiger partial charge in [0.25, 0.3) is 0 Å². The predicted molar refractivity (Wildman–Crippen MR) is 73.8 cm³/mol. The van der Waals surface area contributed by atoms with Crippen LogP contribution in [-0.4, -0.2) is 28.9 Å². The summed E-state index contributed by atoms with van der Waals surface area (Å²) in [6, 6.07) is 6.04. The molecule has 0 atom stereocenters. The third-order valence-electron chi connectivity index (χ3n) is 2.81. The fraction of sp³-hybridized carbons (Fsp3) is 0.385. The zero-order valence-electron chi connectivity index (χ0n) is 11.1. The second-order valence-electron chi connectivity index (χ2n) is 4.29. The van der Waals surface area contributed by atoms with E-state index in [1.54, 1.807) is 0 Å². The number of aromatic nitrogens is 3. The lowest BCUT2D eigenvalue weighted by atomic mass is 10.3. The highest BCUT2D eigenvalue weighted by atomic mass is 15.3. The fourth-order valence-electron chi connectivity index (χ4n) is 1.77. The van der Waals surface area contributed by atoms with Gasteiger partial charge in [-0.25, -0.2) is 4.98 Å². The third-order valence-corrected chi connectivity index (χ3v) is 2.81. The van der Waals surface area contributed by atoms with Crippen molar-refractivity contribution in [3.8, 4) is 0 Å². The predicted octanol–water partition coefficient (Wildman–Crippen LogP) is 1.98. The Morgan fingerprint density at radius 2 is 2.11 bits per heavy atom. The van der Waals surface area contributed by atoms with E-state index < -0.39 is 0 Å². The van der Waals surface area contributed by atoms with Crippen LogP contribution in [0.3, 0.4) is 0 Å². The summed E-state index contributed by atoms with van der Waals surface area (Å²) in [5, 5.41) is 7.56. The van der Waals surface area contributed by atoms with E-state index in [9.17, 15) is 0 Å². The van der Waals surface area contributed by atoms with Gasteiger partial charge in [0.2, 0.25) is 0 Å². The van der Waals surface area contributed by atoms with E-state index in [0.29, 0.717) is 0 Å². The number of rotatable bonds is 5. The van der Waals surface area contributed by atoms with Gasteiger partial charge in [0, 0.05) is 44.8 Å². The molecule has 1 N–H and O–H groups in total. The van der Waals surface area contributed by atoms with Gasteiger partial charge in [0.1, 0.15) is 5.82 Å². The number of anilines is 2. The molecule has 96 valence electrons. The largest absolute Gasteiger partial charge is 0.378 e. The molecule has 2 heterocycles. The summed E-state index contributed by atoms with van der Waals surface area (Å²) in [6.07, 6.45) is 3.64. The van der Waals surface area contributed by atoms with Crippen molar-refractivity contribution < 1.29 is 0 Å². The van der Waals surface area contributed by atoms with Crippen molar-refractivity contribution in [3.63, 3.8) is 0 Å². The first kappa shape index (κ1) is 12.4. The molecule has 0 unspecified atom stereocenters. The van der Waals surface area contributed by atoms with Crippen LogP contribution in [0.2, 0.25) is 0 Å².